The van der Waals surface area contributed by atoms with Gasteiger partial charge in [-0.05, 0) is 48.7 Å². The first kappa shape index (κ1) is 27.1. The number of nitrogens with one attached hydrogen (secondary N) is 2. The maximum absolute atomic E-state index is 10.5. The topological polar surface area (TPSA) is 165 Å². The van der Waals surface area contributed by atoms with Crippen LogP contribution in [0.4, 0.5) is 5.69 Å². The van der Waals surface area contributed by atoms with E-state index in [9.17, 15) is 24.6 Å². The third-order valence-electron chi connectivity index (χ3n) is 4.35. The van der Waals surface area contributed by atoms with Crippen molar-refractivity contribution < 1.29 is 39.5 Å². The zero-order valence-electron chi connectivity index (χ0n) is 18.3. The first-order valence-corrected chi connectivity index (χ1v) is 9.87. The van der Waals surface area contributed by atoms with Gasteiger partial charge in [-0.3, -0.25) is 4.79 Å². The summed E-state index contributed by atoms with van der Waals surface area (Å²) in [6.07, 6.45) is 1.68. The van der Waals surface area contributed by atoms with Gasteiger partial charge in [0.1, 0.15) is 11.5 Å². The van der Waals surface area contributed by atoms with Crippen molar-refractivity contribution in [3.8, 4) is 11.5 Å². The SMILES string of the molecule is COc1ccc(C[C@H](C)NC[C@@H](O)c2ccc(O)c(NC=O)c2)cc1.O=C(O)/C=C/C(=O)O. The van der Waals surface area contributed by atoms with Crippen LogP contribution in [0.5, 0.6) is 11.5 Å². The van der Waals surface area contributed by atoms with Gasteiger partial charge in [-0.25, -0.2) is 9.59 Å². The number of anilines is 1. The number of methoxy groups -OCH3 is 1. The lowest BCUT2D eigenvalue weighted by Crippen LogP contribution is -2.32. The number of hydrogen-bond acceptors (Lipinski definition) is 7. The van der Waals surface area contributed by atoms with E-state index in [1.165, 1.54) is 11.6 Å². The van der Waals surface area contributed by atoms with Crippen LogP contribution in [0.1, 0.15) is 24.2 Å². The highest BCUT2D eigenvalue weighted by Crippen LogP contribution is 2.26. The number of amides is 1. The summed E-state index contributed by atoms with van der Waals surface area (Å²) in [6, 6.07) is 12.7. The molecule has 0 aromatic heterocycles. The Balaban J connectivity index is 0.000000582. The number of phenols is 1. The molecule has 0 aliphatic heterocycles. The zero-order valence-corrected chi connectivity index (χ0v) is 18.3. The molecule has 6 N–H and O–H groups in total. The summed E-state index contributed by atoms with van der Waals surface area (Å²) in [4.78, 5) is 29.6. The number of hydrogen-bond donors (Lipinski definition) is 6. The van der Waals surface area contributed by atoms with Gasteiger partial charge in [0.2, 0.25) is 6.41 Å². The van der Waals surface area contributed by atoms with Gasteiger partial charge in [-0.2, -0.15) is 0 Å². The van der Waals surface area contributed by atoms with Gasteiger partial charge in [0, 0.05) is 24.7 Å². The van der Waals surface area contributed by atoms with Crippen LogP contribution >= 0.6 is 0 Å². The number of carboxylic acid groups (broad SMARTS) is 2. The summed E-state index contributed by atoms with van der Waals surface area (Å²) < 4.78 is 5.14. The van der Waals surface area contributed by atoms with Crippen LogP contribution in [0.15, 0.2) is 54.6 Å². The van der Waals surface area contributed by atoms with Crippen molar-refractivity contribution in [2.24, 2.45) is 0 Å². The normalized spacial score (nSPS) is 12.2. The molecule has 0 unspecified atom stereocenters. The Morgan fingerprint density at radius 1 is 1.06 bits per heavy atom. The van der Waals surface area contributed by atoms with Crippen molar-refractivity contribution in [2.75, 3.05) is 19.0 Å². The first-order valence-electron chi connectivity index (χ1n) is 9.87. The highest BCUT2D eigenvalue weighted by atomic mass is 16.5. The summed E-state index contributed by atoms with van der Waals surface area (Å²) in [7, 11) is 1.64. The molecule has 0 bridgehead atoms. The minimum atomic E-state index is -1.26. The minimum absolute atomic E-state index is 0.0381. The molecule has 0 spiro atoms. The molecule has 2 atom stereocenters. The monoisotopic (exact) mass is 460 g/mol. The molecule has 0 fully saturated rings. The number of aliphatic carboxylic acids is 2. The molecule has 33 heavy (non-hydrogen) atoms. The Labute approximate surface area is 191 Å². The van der Waals surface area contributed by atoms with E-state index in [0.717, 1.165) is 12.2 Å². The molecule has 0 aliphatic carbocycles. The number of carbonyl (C=O) groups is 3. The van der Waals surface area contributed by atoms with Crippen molar-refractivity contribution in [3.05, 3.63) is 65.7 Å². The van der Waals surface area contributed by atoms with E-state index in [1.807, 2.05) is 31.2 Å². The number of phenolic OH excluding ortho intramolecular Hbond substituents is 1. The molecule has 10 nitrogen and oxygen atoms in total. The molecule has 1 amide bonds. The van der Waals surface area contributed by atoms with Gasteiger partial charge in [0.05, 0.1) is 18.9 Å². The Morgan fingerprint density at radius 2 is 1.67 bits per heavy atom. The maximum Gasteiger partial charge on any atom is 0.328 e. The van der Waals surface area contributed by atoms with Gasteiger partial charge in [0.25, 0.3) is 0 Å². The summed E-state index contributed by atoms with van der Waals surface area (Å²) in [5.74, 6) is -1.73. The van der Waals surface area contributed by atoms with Crippen molar-refractivity contribution in [1.82, 2.24) is 5.32 Å². The van der Waals surface area contributed by atoms with Crippen molar-refractivity contribution in [2.45, 2.75) is 25.5 Å². The van der Waals surface area contributed by atoms with E-state index >= 15 is 0 Å². The highest BCUT2D eigenvalue weighted by molar-refractivity contribution is 5.89. The highest BCUT2D eigenvalue weighted by Gasteiger charge is 2.12. The van der Waals surface area contributed by atoms with E-state index in [0.29, 0.717) is 30.7 Å². The smallest absolute Gasteiger partial charge is 0.328 e. The van der Waals surface area contributed by atoms with E-state index in [-0.39, 0.29) is 17.5 Å². The third-order valence-corrected chi connectivity index (χ3v) is 4.35. The van der Waals surface area contributed by atoms with Crippen LogP contribution in [0, 0.1) is 0 Å². The Morgan fingerprint density at radius 3 is 2.18 bits per heavy atom. The number of aliphatic hydroxyl groups excluding tert-OH is 1. The third kappa shape index (κ3) is 10.8. The van der Waals surface area contributed by atoms with Crippen molar-refractivity contribution >= 4 is 24.0 Å². The molecule has 0 heterocycles. The zero-order chi connectivity index (χ0) is 24.8. The van der Waals surface area contributed by atoms with Gasteiger partial charge >= 0.3 is 11.9 Å². The van der Waals surface area contributed by atoms with E-state index in [1.54, 1.807) is 19.2 Å². The lowest BCUT2D eigenvalue weighted by Gasteiger charge is -2.18. The minimum Gasteiger partial charge on any atom is -0.506 e. The number of carbonyl (C=O) groups excluding carboxylic acids is 1. The first-order chi connectivity index (χ1) is 15.7. The lowest BCUT2D eigenvalue weighted by atomic mass is 10.1. The van der Waals surface area contributed by atoms with E-state index < -0.39 is 18.0 Å². The average molecular weight is 460 g/mol. The molecule has 2 aromatic rings. The number of aliphatic hydroxyl groups is 1. The number of rotatable bonds is 11. The van der Waals surface area contributed by atoms with Gasteiger partial charge in [0.15, 0.2) is 0 Å². The molecule has 0 aliphatic rings. The number of benzene rings is 2. The Hall–Kier alpha value is -3.89. The molecule has 178 valence electrons. The fraction of sp³-hybridized carbons (Fsp3) is 0.261. The number of ether oxygens (including phenoxy) is 1. The molecule has 2 aromatic carbocycles. The quantitative estimate of drug-likeness (QED) is 0.167. The molecule has 0 radical (unpaired) electrons. The van der Waals surface area contributed by atoms with Crippen LogP contribution in [0.2, 0.25) is 0 Å². The van der Waals surface area contributed by atoms with Crippen LogP contribution in [-0.2, 0) is 20.8 Å². The second-order valence-electron chi connectivity index (χ2n) is 6.93. The summed E-state index contributed by atoms with van der Waals surface area (Å²) >= 11 is 0. The van der Waals surface area contributed by atoms with Crippen LogP contribution in [-0.4, -0.2) is 58.5 Å². The van der Waals surface area contributed by atoms with Crippen LogP contribution < -0.4 is 15.4 Å². The largest absolute Gasteiger partial charge is 0.506 e. The summed E-state index contributed by atoms with van der Waals surface area (Å²) in [6.45, 7) is 2.41. The molecule has 10 heteroatoms. The summed E-state index contributed by atoms with van der Waals surface area (Å²) in [5.41, 5.74) is 2.07. The lowest BCUT2D eigenvalue weighted by molar-refractivity contribution is -0.134. The number of carboxylic acids is 2. The van der Waals surface area contributed by atoms with Gasteiger partial charge < -0.3 is 35.8 Å². The predicted octanol–water partition coefficient (Wildman–Crippen LogP) is 1.94. The standard InChI is InChI=1S/C19H24N2O4.C4H4O4/c1-13(9-14-3-6-16(25-2)7-4-14)20-11-19(24)15-5-8-18(23)17(10-15)21-12-22;5-3(6)1-2-4(7)8/h3-8,10,12-13,19-20,23-24H,9,11H2,1-2H3,(H,21,22);1-2H,(H,5,6)(H,7,8)/b;2-1+/t13-,19+;/m0./s1. The number of aromatic hydroxyl groups is 1. The van der Waals surface area contributed by atoms with Crippen molar-refractivity contribution in [3.63, 3.8) is 0 Å². The van der Waals surface area contributed by atoms with Gasteiger partial charge in [-0.1, -0.05) is 18.2 Å². The Kier molecular flexibility index (Phi) is 11.7. The van der Waals surface area contributed by atoms with Crippen LogP contribution in [0.3, 0.4) is 0 Å². The molecule has 2 rings (SSSR count). The average Bonchev–Trinajstić information content (AvgIpc) is 2.78. The molecule has 0 saturated carbocycles. The molecule has 0 saturated heterocycles. The van der Waals surface area contributed by atoms with Crippen molar-refractivity contribution in [1.29, 1.82) is 0 Å². The van der Waals surface area contributed by atoms with E-state index in [2.05, 4.69) is 10.6 Å². The second-order valence-corrected chi connectivity index (χ2v) is 6.93. The maximum atomic E-state index is 10.5. The van der Waals surface area contributed by atoms with E-state index in [4.69, 9.17) is 14.9 Å². The predicted molar refractivity (Wildman–Crippen MR) is 121 cm³/mol. The fourth-order valence-corrected chi connectivity index (χ4v) is 2.70. The van der Waals surface area contributed by atoms with Gasteiger partial charge in [-0.15, -0.1) is 0 Å². The molecular formula is C23H28N2O8. The summed E-state index contributed by atoms with van der Waals surface area (Å²) in [5, 5.41) is 41.3. The molecular weight excluding hydrogens is 432 g/mol. The second kappa shape index (κ2) is 14.2. The fourth-order valence-electron chi connectivity index (χ4n) is 2.70. The van der Waals surface area contributed by atoms with Crippen LogP contribution in [0.25, 0.3) is 0 Å². The Bertz CT molecular complexity index is 928.